The number of hydrogen-bond acceptors (Lipinski definition) is 3. The minimum absolute atomic E-state index is 0.216. The van der Waals surface area contributed by atoms with Gasteiger partial charge in [0.2, 0.25) is 0 Å². The molecule has 0 aliphatic heterocycles. The first-order valence-corrected chi connectivity index (χ1v) is 7.31. The Kier molecular flexibility index (Phi) is 5.01. The fourth-order valence-corrected chi connectivity index (χ4v) is 2.79. The summed E-state index contributed by atoms with van der Waals surface area (Å²) in [5, 5.41) is 12.6. The van der Waals surface area contributed by atoms with Crippen LogP contribution in [0.25, 0.3) is 0 Å². The SMILES string of the molecule is CC1(NCCOc2ccccc2C(=O)O)CCCCC1. The molecule has 0 spiro atoms. The largest absolute Gasteiger partial charge is 0.491 e. The van der Waals surface area contributed by atoms with Gasteiger partial charge in [-0.2, -0.15) is 0 Å². The molecule has 0 bridgehead atoms. The molecule has 0 radical (unpaired) electrons. The van der Waals surface area contributed by atoms with Gasteiger partial charge in [-0.05, 0) is 31.9 Å². The Morgan fingerprint density at radius 1 is 1.30 bits per heavy atom. The van der Waals surface area contributed by atoms with Gasteiger partial charge in [-0.3, -0.25) is 0 Å². The Hall–Kier alpha value is -1.55. The summed E-state index contributed by atoms with van der Waals surface area (Å²) in [4.78, 5) is 11.1. The topological polar surface area (TPSA) is 58.6 Å². The maximum absolute atomic E-state index is 11.1. The van der Waals surface area contributed by atoms with Crippen LogP contribution in [-0.2, 0) is 0 Å². The highest BCUT2D eigenvalue weighted by atomic mass is 16.5. The van der Waals surface area contributed by atoms with Crippen molar-refractivity contribution in [1.29, 1.82) is 0 Å². The van der Waals surface area contributed by atoms with Crippen molar-refractivity contribution in [2.24, 2.45) is 0 Å². The molecule has 4 heteroatoms. The quantitative estimate of drug-likeness (QED) is 0.785. The molecule has 110 valence electrons. The lowest BCUT2D eigenvalue weighted by atomic mass is 9.83. The molecule has 0 saturated heterocycles. The number of carboxylic acids is 1. The predicted molar refractivity (Wildman–Crippen MR) is 78.4 cm³/mol. The van der Waals surface area contributed by atoms with Crippen LogP contribution in [-0.4, -0.2) is 29.8 Å². The summed E-state index contributed by atoms with van der Waals surface area (Å²) in [5.41, 5.74) is 0.435. The number of carbonyl (C=O) groups is 1. The number of aromatic carboxylic acids is 1. The van der Waals surface area contributed by atoms with Gasteiger partial charge in [0, 0.05) is 12.1 Å². The van der Waals surface area contributed by atoms with Gasteiger partial charge in [0.1, 0.15) is 17.9 Å². The van der Waals surface area contributed by atoms with Crippen molar-refractivity contribution >= 4 is 5.97 Å². The summed E-state index contributed by atoms with van der Waals surface area (Å²) in [7, 11) is 0. The number of nitrogens with one attached hydrogen (secondary N) is 1. The lowest BCUT2D eigenvalue weighted by Gasteiger charge is -2.34. The number of hydrogen-bond donors (Lipinski definition) is 2. The molecule has 2 N–H and O–H groups in total. The lowest BCUT2D eigenvalue weighted by Crippen LogP contribution is -2.45. The van der Waals surface area contributed by atoms with Gasteiger partial charge in [0.25, 0.3) is 0 Å². The molecule has 0 atom stereocenters. The number of para-hydroxylation sites is 1. The molecule has 20 heavy (non-hydrogen) atoms. The monoisotopic (exact) mass is 277 g/mol. The Labute approximate surface area is 120 Å². The Morgan fingerprint density at radius 3 is 2.70 bits per heavy atom. The summed E-state index contributed by atoms with van der Waals surface area (Å²) < 4.78 is 5.59. The highest BCUT2D eigenvalue weighted by Crippen LogP contribution is 2.27. The van der Waals surface area contributed by atoms with Crippen LogP contribution in [0.5, 0.6) is 5.75 Å². The number of ether oxygens (including phenoxy) is 1. The van der Waals surface area contributed by atoms with Crippen LogP contribution in [0.3, 0.4) is 0 Å². The number of benzene rings is 1. The molecular formula is C16H23NO3. The Bertz CT molecular complexity index is 453. The molecule has 2 rings (SSSR count). The maximum atomic E-state index is 11.1. The third kappa shape index (κ3) is 3.97. The van der Waals surface area contributed by atoms with E-state index in [0.29, 0.717) is 12.4 Å². The molecule has 1 fully saturated rings. The van der Waals surface area contributed by atoms with Gasteiger partial charge in [-0.25, -0.2) is 4.79 Å². The molecule has 1 saturated carbocycles. The smallest absolute Gasteiger partial charge is 0.339 e. The first kappa shape index (κ1) is 14.9. The standard InChI is InChI=1S/C16H23NO3/c1-16(9-5-2-6-10-16)17-11-12-20-14-8-4-3-7-13(14)15(18)19/h3-4,7-8,17H,2,5-6,9-12H2,1H3,(H,18,19). The van der Waals surface area contributed by atoms with Crippen LogP contribution in [0.2, 0.25) is 0 Å². The number of rotatable bonds is 6. The van der Waals surface area contributed by atoms with Crippen molar-refractivity contribution in [3.8, 4) is 5.75 Å². The fraction of sp³-hybridized carbons (Fsp3) is 0.562. The minimum Gasteiger partial charge on any atom is -0.491 e. The van der Waals surface area contributed by atoms with Gasteiger partial charge in [-0.15, -0.1) is 0 Å². The molecule has 0 unspecified atom stereocenters. The maximum Gasteiger partial charge on any atom is 0.339 e. The van der Waals surface area contributed by atoms with Crippen molar-refractivity contribution in [2.45, 2.75) is 44.6 Å². The van der Waals surface area contributed by atoms with E-state index in [-0.39, 0.29) is 11.1 Å². The van der Waals surface area contributed by atoms with Crippen molar-refractivity contribution in [3.63, 3.8) is 0 Å². The summed E-state index contributed by atoms with van der Waals surface area (Å²) in [5.74, 6) is -0.511. The predicted octanol–water partition coefficient (Wildman–Crippen LogP) is 3.08. The number of carboxylic acid groups (broad SMARTS) is 1. The van der Waals surface area contributed by atoms with Crippen LogP contribution in [0.15, 0.2) is 24.3 Å². The highest BCUT2D eigenvalue weighted by Gasteiger charge is 2.25. The van der Waals surface area contributed by atoms with Crippen molar-refractivity contribution in [2.75, 3.05) is 13.2 Å². The van der Waals surface area contributed by atoms with Crippen LogP contribution in [0, 0.1) is 0 Å². The van der Waals surface area contributed by atoms with Gasteiger partial charge in [0.05, 0.1) is 0 Å². The minimum atomic E-state index is -0.951. The van der Waals surface area contributed by atoms with Gasteiger partial charge < -0.3 is 15.2 Å². The van der Waals surface area contributed by atoms with E-state index >= 15 is 0 Å². The van der Waals surface area contributed by atoms with Crippen LogP contribution < -0.4 is 10.1 Å². The average Bonchev–Trinajstić information content (AvgIpc) is 2.45. The molecule has 1 aliphatic carbocycles. The van der Waals surface area contributed by atoms with Crippen molar-refractivity contribution < 1.29 is 14.6 Å². The van der Waals surface area contributed by atoms with Crippen LogP contribution in [0.4, 0.5) is 0 Å². The molecule has 0 heterocycles. The van der Waals surface area contributed by atoms with Gasteiger partial charge in [0.15, 0.2) is 0 Å². The summed E-state index contributed by atoms with van der Waals surface area (Å²) in [6.45, 7) is 3.49. The van der Waals surface area contributed by atoms with E-state index in [1.54, 1.807) is 24.3 Å². The van der Waals surface area contributed by atoms with Crippen LogP contribution in [0.1, 0.15) is 49.4 Å². The van der Waals surface area contributed by atoms with Crippen molar-refractivity contribution in [3.05, 3.63) is 29.8 Å². The third-order valence-corrected chi connectivity index (χ3v) is 3.99. The van der Waals surface area contributed by atoms with E-state index in [0.717, 1.165) is 6.54 Å². The summed E-state index contributed by atoms with van der Waals surface area (Å²) in [6.07, 6.45) is 6.32. The zero-order valence-electron chi connectivity index (χ0n) is 12.0. The van der Waals surface area contributed by atoms with E-state index in [4.69, 9.17) is 9.84 Å². The molecule has 1 aliphatic rings. The Balaban J connectivity index is 1.80. The fourth-order valence-electron chi connectivity index (χ4n) is 2.79. The van der Waals surface area contributed by atoms with Gasteiger partial charge >= 0.3 is 5.97 Å². The second-order valence-electron chi connectivity index (χ2n) is 5.70. The highest BCUT2D eigenvalue weighted by molar-refractivity contribution is 5.90. The summed E-state index contributed by atoms with van der Waals surface area (Å²) in [6, 6.07) is 6.76. The zero-order chi connectivity index (χ0) is 14.4. The third-order valence-electron chi connectivity index (χ3n) is 3.99. The molecule has 0 aromatic heterocycles. The second kappa shape index (κ2) is 6.75. The Morgan fingerprint density at radius 2 is 2.00 bits per heavy atom. The normalized spacial score (nSPS) is 17.6. The average molecular weight is 277 g/mol. The van der Waals surface area contributed by atoms with Crippen molar-refractivity contribution in [1.82, 2.24) is 5.32 Å². The molecule has 4 nitrogen and oxygen atoms in total. The van der Waals surface area contributed by atoms with E-state index < -0.39 is 5.97 Å². The molecule has 1 aromatic carbocycles. The summed E-state index contributed by atoms with van der Waals surface area (Å²) >= 11 is 0. The lowest BCUT2D eigenvalue weighted by molar-refractivity contribution is 0.0692. The molecule has 0 amide bonds. The molecular weight excluding hydrogens is 254 g/mol. The van der Waals surface area contributed by atoms with E-state index in [1.807, 2.05) is 0 Å². The zero-order valence-corrected chi connectivity index (χ0v) is 12.0. The first-order chi connectivity index (χ1) is 9.61. The second-order valence-corrected chi connectivity index (χ2v) is 5.70. The van der Waals surface area contributed by atoms with E-state index in [9.17, 15) is 4.79 Å². The van der Waals surface area contributed by atoms with E-state index in [1.165, 1.54) is 32.1 Å². The van der Waals surface area contributed by atoms with E-state index in [2.05, 4.69) is 12.2 Å². The van der Waals surface area contributed by atoms with Crippen LogP contribution >= 0.6 is 0 Å². The first-order valence-electron chi connectivity index (χ1n) is 7.31. The molecule has 1 aromatic rings. The van der Waals surface area contributed by atoms with Gasteiger partial charge in [-0.1, -0.05) is 31.4 Å².